The number of rotatable bonds is 3. The first-order valence-corrected chi connectivity index (χ1v) is 5.53. The van der Waals surface area contributed by atoms with E-state index < -0.39 is 18.1 Å². The number of ether oxygens (including phenoxy) is 1. The van der Waals surface area contributed by atoms with Crippen LogP contribution in [0.5, 0.6) is 0 Å². The molecule has 0 radical (unpaired) electrons. The first-order valence-electron chi connectivity index (χ1n) is 4.72. The fourth-order valence-corrected chi connectivity index (χ4v) is 2.35. The topological polar surface area (TPSA) is 55.4 Å². The summed E-state index contributed by atoms with van der Waals surface area (Å²) in [7, 11) is 0. The van der Waals surface area contributed by atoms with Crippen molar-refractivity contribution in [2.45, 2.75) is 26.0 Å². The largest absolute Gasteiger partial charge is 0.435 e. The second-order valence-corrected chi connectivity index (χ2v) is 4.79. The number of aryl methyl sites for hydroxylation is 2. The van der Waals surface area contributed by atoms with E-state index in [1.165, 1.54) is 9.75 Å². The molecule has 0 bridgehead atoms. The third-order valence-electron chi connectivity index (χ3n) is 2.18. The number of thiophene rings is 1. The molecule has 80 valence electrons. The van der Waals surface area contributed by atoms with Crippen LogP contribution in [0, 0.1) is 6.92 Å². The van der Waals surface area contributed by atoms with Gasteiger partial charge in [0.15, 0.2) is 6.23 Å². The summed E-state index contributed by atoms with van der Waals surface area (Å²) in [5, 5.41) is 2.47. The quantitative estimate of drug-likeness (QED) is 0.616. The maximum Gasteiger partial charge on any atom is 0.398 e. The van der Waals surface area contributed by atoms with Gasteiger partial charge in [0, 0.05) is 16.2 Å². The van der Waals surface area contributed by atoms with Gasteiger partial charge in [0.1, 0.15) is 0 Å². The molecule has 4 nitrogen and oxygen atoms in total. The maximum absolute atomic E-state index is 10.8. The van der Waals surface area contributed by atoms with Crippen LogP contribution in [-0.4, -0.2) is 18.1 Å². The van der Waals surface area contributed by atoms with E-state index in [1.54, 1.807) is 11.3 Å². The van der Waals surface area contributed by atoms with Crippen molar-refractivity contribution in [2.75, 3.05) is 0 Å². The predicted molar refractivity (Wildman–Crippen MR) is 55.4 cm³/mol. The standard InChI is InChI=1S/C10H11NO3S/c1-6-2-3-7(15-6)4-5-8-11-9(12)10(13)14-8/h2-3,8H,4-5H2,1H3,(H,11,12). The molecule has 1 aliphatic heterocycles. The Labute approximate surface area is 91.2 Å². The molecule has 0 aromatic carbocycles. The van der Waals surface area contributed by atoms with Gasteiger partial charge in [0.2, 0.25) is 0 Å². The van der Waals surface area contributed by atoms with E-state index in [2.05, 4.69) is 17.4 Å². The number of carbonyl (C=O) groups is 2. The molecule has 15 heavy (non-hydrogen) atoms. The molecule has 1 N–H and O–H groups in total. The maximum atomic E-state index is 10.8. The van der Waals surface area contributed by atoms with Gasteiger partial charge in [0.05, 0.1) is 0 Å². The summed E-state index contributed by atoms with van der Waals surface area (Å²) in [6, 6.07) is 4.11. The molecule has 0 saturated carbocycles. The Balaban J connectivity index is 1.84. The van der Waals surface area contributed by atoms with Gasteiger partial charge in [-0.3, -0.25) is 4.79 Å². The molecular weight excluding hydrogens is 214 g/mol. The Hall–Kier alpha value is -1.36. The smallest absolute Gasteiger partial charge is 0.398 e. The summed E-state index contributed by atoms with van der Waals surface area (Å²) in [4.78, 5) is 24.1. The van der Waals surface area contributed by atoms with E-state index in [1.807, 2.05) is 6.92 Å². The number of nitrogens with one attached hydrogen (secondary N) is 1. The van der Waals surface area contributed by atoms with Crippen LogP contribution >= 0.6 is 11.3 Å². The fourth-order valence-electron chi connectivity index (χ4n) is 1.44. The molecule has 0 spiro atoms. The number of hydrogen-bond acceptors (Lipinski definition) is 4. The summed E-state index contributed by atoms with van der Waals surface area (Å²) in [6.45, 7) is 2.05. The van der Waals surface area contributed by atoms with E-state index in [4.69, 9.17) is 4.74 Å². The Bertz CT molecular complexity index is 383. The Morgan fingerprint density at radius 3 is 2.80 bits per heavy atom. The second kappa shape index (κ2) is 4.02. The van der Waals surface area contributed by atoms with E-state index in [0.29, 0.717) is 6.42 Å². The molecule has 5 heteroatoms. The molecule has 1 saturated heterocycles. The van der Waals surface area contributed by atoms with Crippen LogP contribution in [0.3, 0.4) is 0 Å². The van der Waals surface area contributed by atoms with E-state index >= 15 is 0 Å². The first-order chi connectivity index (χ1) is 7.15. The summed E-state index contributed by atoms with van der Waals surface area (Å²) >= 11 is 1.72. The van der Waals surface area contributed by atoms with Crippen LogP contribution in [0.4, 0.5) is 0 Å². The highest BCUT2D eigenvalue weighted by atomic mass is 32.1. The van der Waals surface area contributed by atoms with E-state index in [9.17, 15) is 9.59 Å². The molecule has 1 aromatic heterocycles. The minimum Gasteiger partial charge on any atom is -0.435 e. The van der Waals surface area contributed by atoms with Gasteiger partial charge in [-0.15, -0.1) is 11.3 Å². The van der Waals surface area contributed by atoms with Crippen molar-refractivity contribution in [2.24, 2.45) is 0 Å². The van der Waals surface area contributed by atoms with Gasteiger partial charge in [-0.05, 0) is 25.5 Å². The monoisotopic (exact) mass is 225 g/mol. The SMILES string of the molecule is Cc1ccc(CCC2NC(=O)C(=O)O2)s1. The summed E-state index contributed by atoms with van der Waals surface area (Å²) in [5.41, 5.74) is 0. The number of carbonyl (C=O) groups excluding carboxylic acids is 2. The molecular formula is C10H11NO3S. The van der Waals surface area contributed by atoms with Crippen LogP contribution in [0.2, 0.25) is 0 Å². The predicted octanol–water partition coefficient (Wildman–Crippen LogP) is 0.988. The molecule has 1 amide bonds. The molecule has 1 fully saturated rings. The van der Waals surface area contributed by atoms with Crippen LogP contribution in [0.15, 0.2) is 12.1 Å². The molecule has 1 aromatic rings. The van der Waals surface area contributed by atoms with E-state index in [0.717, 1.165) is 6.42 Å². The van der Waals surface area contributed by atoms with Gasteiger partial charge in [-0.25, -0.2) is 4.79 Å². The zero-order valence-corrected chi connectivity index (χ0v) is 9.10. The lowest BCUT2D eigenvalue weighted by atomic mass is 10.2. The highest BCUT2D eigenvalue weighted by Gasteiger charge is 2.30. The number of cyclic esters (lactones) is 1. The Kier molecular flexibility index (Phi) is 2.73. The van der Waals surface area contributed by atoms with Gasteiger partial charge < -0.3 is 10.1 Å². The van der Waals surface area contributed by atoms with Crippen molar-refractivity contribution >= 4 is 23.2 Å². The minimum absolute atomic E-state index is 0.451. The summed E-state index contributed by atoms with van der Waals surface area (Å²) in [5.74, 6) is -1.41. The van der Waals surface area contributed by atoms with Crippen LogP contribution in [-0.2, 0) is 20.7 Å². The first kappa shape index (κ1) is 10.2. The molecule has 1 aliphatic rings. The highest BCUT2D eigenvalue weighted by molar-refractivity contribution is 7.11. The van der Waals surface area contributed by atoms with Gasteiger partial charge in [0.25, 0.3) is 0 Å². The zero-order valence-electron chi connectivity index (χ0n) is 8.28. The average Bonchev–Trinajstić information content (AvgIpc) is 2.72. The third kappa shape index (κ3) is 2.36. The molecule has 2 rings (SSSR count). The van der Waals surface area contributed by atoms with Crippen molar-refractivity contribution < 1.29 is 14.3 Å². The molecule has 1 unspecified atom stereocenters. The molecule has 2 heterocycles. The van der Waals surface area contributed by atoms with Crippen molar-refractivity contribution in [1.29, 1.82) is 0 Å². The Morgan fingerprint density at radius 1 is 1.47 bits per heavy atom. The number of amides is 1. The van der Waals surface area contributed by atoms with Gasteiger partial charge in [-0.1, -0.05) is 0 Å². The molecule has 1 atom stereocenters. The summed E-state index contributed by atoms with van der Waals surface area (Å²) < 4.78 is 4.81. The lowest BCUT2D eigenvalue weighted by Gasteiger charge is -2.06. The Morgan fingerprint density at radius 2 is 2.27 bits per heavy atom. The van der Waals surface area contributed by atoms with Gasteiger partial charge in [-0.2, -0.15) is 0 Å². The molecule has 0 aliphatic carbocycles. The van der Waals surface area contributed by atoms with Crippen LogP contribution < -0.4 is 5.32 Å². The minimum atomic E-state index is -0.776. The van der Waals surface area contributed by atoms with Crippen molar-refractivity contribution in [3.05, 3.63) is 21.9 Å². The lowest BCUT2D eigenvalue weighted by molar-refractivity contribution is -0.149. The van der Waals surface area contributed by atoms with Crippen molar-refractivity contribution in [1.82, 2.24) is 5.32 Å². The lowest BCUT2D eigenvalue weighted by Crippen LogP contribution is -2.27. The normalized spacial score (nSPS) is 20.2. The van der Waals surface area contributed by atoms with Crippen molar-refractivity contribution in [3.63, 3.8) is 0 Å². The van der Waals surface area contributed by atoms with Crippen LogP contribution in [0.1, 0.15) is 16.2 Å². The second-order valence-electron chi connectivity index (χ2n) is 3.42. The highest BCUT2D eigenvalue weighted by Crippen LogP contribution is 2.18. The number of hydrogen-bond donors (Lipinski definition) is 1. The van der Waals surface area contributed by atoms with Gasteiger partial charge >= 0.3 is 11.9 Å². The summed E-state index contributed by atoms with van der Waals surface area (Å²) in [6.07, 6.45) is 1.00. The number of esters is 1. The zero-order chi connectivity index (χ0) is 10.8. The van der Waals surface area contributed by atoms with Crippen molar-refractivity contribution in [3.8, 4) is 0 Å². The van der Waals surface area contributed by atoms with E-state index in [-0.39, 0.29) is 0 Å². The fraction of sp³-hybridized carbons (Fsp3) is 0.400. The van der Waals surface area contributed by atoms with Crippen LogP contribution in [0.25, 0.3) is 0 Å². The third-order valence-corrected chi connectivity index (χ3v) is 3.24. The average molecular weight is 225 g/mol.